The number of esters is 1. The first-order valence-corrected chi connectivity index (χ1v) is 13.9. The van der Waals surface area contributed by atoms with Gasteiger partial charge in [-0.25, -0.2) is 0 Å². The van der Waals surface area contributed by atoms with Crippen LogP contribution in [0.15, 0.2) is 12.7 Å². The molecule has 37 heavy (non-hydrogen) atoms. The third kappa shape index (κ3) is 5.57. The fourth-order valence-corrected chi connectivity index (χ4v) is 6.63. The zero-order valence-electron chi connectivity index (χ0n) is 22.1. The molecule has 4 heterocycles. The average Bonchev–Trinajstić information content (AvgIpc) is 3.54. The van der Waals surface area contributed by atoms with Crippen LogP contribution in [0.2, 0.25) is 0 Å². The molecule has 2 bridgehead atoms. The van der Waals surface area contributed by atoms with Gasteiger partial charge in [0.05, 0.1) is 37.8 Å². The lowest BCUT2D eigenvalue weighted by Crippen LogP contribution is -2.57. The summed E-state index contributed by atoms with van der Waals surface area (Å²) in [6, 6.07) is -0.767. The summed E-state index contributed by atoms with van der Waals surface area (Å²) >= 11 is 0. The van der Waals surface area contributed by atoms with Crippen LogP contribution in [-0.2, 0) is 28.6 Å². The number of hydrogen-bond donors (Lipinski definition) is 1. The largest absolute Gasteiger partial charge is 0.466 e. The van der Waals surface area contributed by atoms with Gasteiger partial charge < -0.3 is 29.1 Å². The lowest BCUT2D eigenvalue weighted by Gasteiger charge is -2.37. The monoisotopic (exact) mass is 521 g/mol. The number of unbranched alkanes of at least 4 members (excludes halogenated alkanes) is 3. The van der Waals surface area contributed by atoms with Crippen molar-refractivity contribution in [2.75, 3.05) is 65.7 Å². The van der Waals surface area contributed by atoms with E-state index in [-0.39, 0.29) is 25.0 Å². The Bertz CT molecular complexity index is 833. The number of ether oxygens (including phenoxy) is 3. The minimum atomic E-state index is -1.00. The van der Waals surface area contributed by atoms with Gasteiger partial charge in [-0.15, -0.1) is 6.58 Å². The zero-order chi connectivity index (χ0) is 26.4. The quantitative estimate of drug-likeness (QED) is 0.203. The van der Waals surface area contributed by atoms with E-state index in [1.165, 1.54) is 0 Å². The number of carbonyl (C=O) groups is 3. The molecule has 5 atom stereocenters. The van der Waals surface area contributed by atoms with Crippen molar-refractivity contribution < 1.29 is 33.7 Å². The molecule has 4 aliphatic rings. The van der Waals surface area contributed by atoms with Crippen LogP contribution in [0, 0.1) is 11.8 Å². The van der Waals surface area contributed by atoms with Crippen LogP contribution in [0.4, 0.5) is 0 Å². The number of aliphatic hydroxyl groups is 1. The SMILES string of the molecule is C=CCN(CCN1CCOCC1)C(=O)[C@H]1N(CCCCCCO)C(=O)[C@@H]2[C@@H](C(=O)OCC)[C@H]3CC[C@]21O3. The molecule has 2 amide bonds. The second-order valence-electron chi connectivity index (χ2n) is 10.5. The Hall–Kier alpha value is -2.01. The van der Waals surface area contributed by atoms with Crippen molar-refractivity contribution in [2.45, 2.75) is 63.2 Å². The van der Waals surface area contributed by atoms with E-state index in [0.717, 1.165) is 38.9 Å². The summed E-state index contributed by atoms with van der Waals surface area (Å²) in [6.45, 7) is 11.1. The molecule has 4 aliphatic heterocycles. The van der Waals surface area contributed by atoms with E-state index in [9.17, 15) is 14.4 Å². The highest BCUT2D eigenvalue weighted by atomic mass is 16.6. The highest BCUT2D eigenvalue weighted by molar-refractivity contribution is 5.98. The van der Waals surface area contributed by atoms with E-state index in [2.05, 4.69) is 11.5 Å². The minimum Gasteiger partial charge on any atom is -0.466 e. The number of fused-ring (bicyclic) bond motifs is 1. The molecule has 0 aromatic rings. The van der Waals surface area contributed by atoms with Crippen LogP contribution in [-0.4, -0.2) is 121 Å². The van der Waals surface area contributed by atoms with Crippen molar-refractivity contribution in [1.82, 2.24) is 14.7 Å². The molecule has 0 aliphatic carbocycles. The topological polar surface area (TPSA) is 109 Å². The van der Waals surface area contributed by atoms with Crippen LogP contribution in [0.5, 0.6) is 0 Å². The van der Waals surface area contributed by atoms with Crippen molar-refractivity contribution >= 4 is 17.8 Å². The van der Waals surface area contributed by atoms with Crippen LogP contribution >= 0.6 is 0 Å². The summed E-state index contributed by atoms with van der Waals surface area (Å²) in [6.07, 6.45) is 5.68. The van der Waals surface area contributed by atoms with Gasteiger partial charge >= 0.3 is 5.97 Å². The van der Waals surface area contributed by atoms with Crippen molar-refractivity contribution in [3.63, 3.8) is 0 Å². The molecule has 0 aromatic heterocycles. The number of carbonyl (C=O) groups excluding carboxylic acids is 3. The third-order valence-corrected chi connectivity index (χ3v) is 8.35. The standard InChI is InChI=1S/C27H43N3O7/c1-3-11-29(14-13-28-15-18-35-19-16-28)25(33)23-27-10-9-20(37-27)21(26(34)36-4-2)22(27)24(32)30(23)12-7-5-6-8-17-31/h3,20-23,31H,1,4-19H2,2H3/t20-,21+,22+,23-,27+/m1/s1. The van der Waals surface area contributed by atoms with Crippen molar-refractivity contribution in [3.05, 3.63) is 12.7 Å². The van der Waals surface area contributed by atoms with Gasteiger partial charge in [-0.2, -0.15) is 0 Å². The third-order valence-electron chi connectivity index (χ3n) is 8.35. The Balaban J connectivity index is 1.57. The maximum absolute atomic E-state index is 14.2. The number of aliphatic hydroxyl groups excluding tert-OH is 1. The molecule has 1 spiro atoms. The van der Waals surface area contributed by atoms with Gasteiger partial charge in [0.25, 0.3) is 0 Å². The van der Waals surface area contributed by atoms with Gasteiger partial charge in [0.15, 0.2) is 0 Å². The molecule has 4 saturated heterocycles. The Morgan fingerprint density at radius 3 is 2.68 bits per heavy atom. The Kier molecular flexibility index (Phi) is 9.61. The first kappa shape index (κ1) is 28.0. The van der Waals surface area contributed by atoms with Gasteiger partial charge in [0, 0.05) is 45.9 Å². The lowest BCUT2D eigenvalue weighted by atomic mass is 9.70. The molecule has 4 rings (SSSR count). The minimum absolute atomic E-state index is 0.135. The summed E-state index contributed by atoms with van der Waals surface area (Å²) < 4.78 is 17.3. The Labute approximate surface area is 219 Å². The predicted octanol–water partition coefficient (Wildman–Crippen LogP) is 0.824. The molecule has 208 valence electrons. The number of hydrogen-bond acceptors (Lipinski definition) is 8. The van der Waals surface area contributed by atoms with Gasteiger partial charge in [0.2, 0.25) is 11.8 Å². The van der Waals surface area contributed by atoms with Crippen molar-refractivity contribution in [2.24, 2.45) is 11.8 Å². The highest BCUT2D eigenvalue weighted by Crippen LogP contribution is 2.58. The summed E-state index contributed by atoms with van der Waals surface area (Å²) in [5, 5.41) is 9.10. The maximum atomic E-state index is 14.2. The van der Waals surface area contributed by atoms with E-state index >= 15 is 0 Å². The van der Waals surface area contributed by atoms with Crippen LogP contribution in [0.3, 0.4) is 0 Å². The molecule has 10 nitrogen and oxygen atoms in total. The molecule has 4 fully saturated rings. The molecule has 0 radical (unpaired) electrons. The number of likely N-dealkylation sites (tertiary alicyclic amines) is 1. The van der Waals surface area contributed by atoms with E-state index in [1.54, 1.807) is 22.8 Å². The number of amides is 2. The number of morpholine rings is 1. The van der Waals surface area contributed by atoms with Gasteiger partial charge in [-0.05, 0) is 32.6 Å². The van der Waals surface area contributed by atoms with Crippen LogP contribution in [0.1, 0.15) is 45.4 Å². The second-order valence-corrected chi connectivity index (χ2v) is 10.5. The molecular weight excluding hydrogens is 478 g/mol. The van der Waals surface area contributed by atoms with Crippen molar-refractivity contribution in [1.29, 1.82) is 0 Å². The van der Waals surface area contributed by atoms with E-state index in [4.69, 9.17) is 19.3 Å². The average molecular weight is 522 g/mol. The molecule has 0 unspecified atom stereocenters. The predicted molar refractivity (Wildman–Crippen MR) is 136 cm³/mol. The highest BCUT2D eigenvalue weighted by Gasteiger charge is 2.74. The van der Waals surface area contributed by atoms with Gasteiger partial charge in [-0.3, -0.25) is 19.3 Å². The number of nitrogens with zero attached hydrogens (tertiary/aromatic N) is 3. The Morgan fingerprint density at radius 1 is 1.22 bits per heavy atom. The van der Waals surface area contributed by atoms with Gasteiger partial charge in [0.1, 0.15) is 11.6 Å². The lowest BCUT2D eigenvalue weighted by molar-refractivity contribution is -0.155. The van der Waals surface area contributed by atoms with Crippen LogP contribution < -0.4 is 0 Å². The summed E-state index contributed by atoms with van der Waals surface area (Å²) in [5.41, 5.74) is -1.00. The molecule has 0 aromatic carbocycles. The summed E-state index contributed by atoms with van der Waals surface area (Å²) in [4.78, 5) is 46.8. The molecule has 0 saturated carbocycles. The van der Waals surface area contributed by atoms with Crippen molar-refractivity contribution in [3.8, 4) is 0 Å². The summed E-state index contributed by atoms with van der Waals surface area (Å²) in [7, 11) is 0. The smallest absolute Gasteiger partial charge is 0.312 e. The van der Waals surface area contributed by atoms with E-state index < -0.39 is 35.6 Å². The second kappa shape index (κ2) is 12.7. The summed E-state index contributed by atoms with van der Waals surface area (Å²) in [5.74, 6) is -2.07. The molecule has 1 N–H and O–H groups in total. The Morgan fingerprint density at radius 2 is 1.97 bits per heavy atom. The van der Waals surface area contributed by atoms with Gasteiger partial charge in [-0.1, -0.05) is 18.9 Å². The van der Waals surface area contributed by atoms with E-state index in [1.807, 2.05) is 0 Å². The fourth-order valence-electron chi connectivity index (χ4n) is 6.63. The zero-order valence-corrected chi connectivity index (χ0v) is 22.1. The number of rotatable bonds is 14. The molecule has 10 heteroatoms. The normalized spacial score (nSPS) is 31.0. The first-order valence-electron chi connectivity index (χ1n) is 13.9. The first-order chi connectivity index (χ1) is 18.0. The van der Waals surface area contributed by atoms with E-state index in [0.29, 0.717) is 52.1 Å². The van der Waals surface area contributed by atoms with Crippen LogP contribution in [0.25, 0.3) is 0 Å². The fraction of sp³-hybridized carbons (Fsp3) is 0.815. The maximum Gasteiger partial charge on any atom is 0.312 e. The molecular formula is C27H43N3O7.